The lowest BCUT2D eigenvalue weighted by atomic mass is 10.1. The van der Waals surface area contributed by atoms with Crippen LogP contribution in [0.5, 0.6) is 0 Å². The summed E-state index contributed by atoms with van der Waals surface area (Å²) >= 11 is 1.89. The molecule has 4 heteroatoms. The Hall–Kier alpha value is -1.73. The molecule has 0 saturated carbocycles. The zero-order chi connectivity index (χ0) is 13.7. The average Bonchev–Trinajstić information content (AvgIpc) is 2.45. The topological polar surface area (TPSA) is 48.7 Å². The van der Waals surface area contributed by atoms with Crippen molar-refractivity contribution < 1.29 is 0 Å². The third-order valence-electron chi connectivity index (χ3n) is 2.86. The lowest BCUT2D eigenvalue weighted by Gasteiger charge is -2.17. The summed E-state index contributed by atoms with van der Waals surface area (Å²) in [6.07, 6.45) is 1.64. The minimum atomic E-state index is 0.322. The van der Waals surface area contributed by atoms with E-state index in [4.69, 9.17) is 0 Å². The molecule has 0 saturated heterocycles. The van der Waals surface area contributed by atoms with Crippen molar-refractivity contribution in [2.75, 3.05) is 16.8 Å². The number of pyridine rings is 1. The highest BCUT2D eigenvalue weighted by atomic mass is 32.2. The standard InChI is InChI=1S/C15H17N3S/c1-3-19-10-11(2)18-15-12(8-16)9-17-14-7-5-4-6-13(14)15/h4-7,9,11H,3,10H2,1-2H3,(H,17,18). The SMILES string of the molecule is CCSCC(C)Nc1c(C#N)cnc2ccccc12. The Bertz CT molecular complexity index is 604. The fraction of sp³-hybridized carbons (Fsp3) is 0.333. The summed E-state index contributed by atoms with van der Waals surface area (Å²) < 4.78 is 0. The molecule has 0 fully saturated rings. The number of nitrogens with one attached hydrogen (secondary N) is 1. The van der Waals surface area contributed by atoms with Crippen LogP contribution in [0.2, 0.25) is 0 Å². The van der Waals surface area contributed by atoms with Crippen molar-refractivity contribution in [3.05, 3.63) is 36.0 Å². The predicted octanol–water partition coefficient (Wildman–Crippen LogP) is 3.66. The quantitative estimate of drug-likeness (QED) is 0.901. The van der Waals surface area contributed by atoms with E-state index in [-0.39, 0.29) is 0 Å². The Morgan fingerprint density at radius 1 is 1.42 bits per heavy atom. The largest absolute Gasteiger partial charge is 0.380 e. The Balaban J connectivity index is 2.37. The van der Waals surface area contributed by atoms with Crippen LogP contribution in [0.15, 0.2) is 30.5 Å². The van der Waals surface area contributed by atoms with Crippen LogP contribution in [0.1, 0.15) is 19.4 Å². The van der Waals surface area contributed by atoms with Gasteiger partial charge >= 0.3 is 0 Å². The van der Waals surface area contributed by atoms with Gasteiger partial charge in [-0.1, -0.05) is 25.1 Å². The van der Waals surface area contributed by atoms with E-state index < -0.39 is 0 Å². The number of hydrogen-bond donors (Lipinski definition) is 1. The van der Waals surface area contributed by atoms with Crippen molar-refractivity contribution in [3.63, 3.8) is 0 Å². The fourth-order valence-corrected chi connectivity index (χ4v) is 2.64. The maximum absolute atomic E-state index is 9.23. The van der Waals surface area contributed by atoms with Gasteiger partial charge in [0.15, 0.2) is 0 Å². The van der Waals surface area contributed by atoms with E-state index in [1.807, 2.05) is 36.0 Å². The first kappa shape index (κ1) is 13.7. The third-order valence-corrected chi connectivity index (χ3v) is 4.00. The normalized spacial score (nSPS) is 12.1. The molecule has 1 atom stereocenters. The van der Waals surface area contributed by atoms with Crippen LogP contribution in [-0.4, -0.2) is 22.5 Å². The molecule has 19 heavy (non-hydrogen) atoms. The second-order valence-corrected chi connectivity index (χ2v) is 5.70. The molecule has 2 rings (SSSR count). The molecule has 1 aromatic heterocycles. The number of rotatable bonds is 5. The number of aromatic nitrogens is 1. The number of benzene rings is 1. The number of nitriles is 1. The molecule has 0 bridgehead atoms. The summed E-state index contributed by atoms with van der Waals surface area (Å²) in [4.78, 5) is 4.31. The number of thioether (sulfide) groups is 1. The zero-order valence-electron chi connectivity index (χ0n) is 11.2. The monoisotopic (exact) mass is 271 g/mol. The van der Waals surface area contributed by atoms with Crippen molar-refractivity contribution in [1.82, 2.24) is 4.98 Å². The maximum atomic E-state index is 9.23. The van der Waals surface area contributed by atoms with Gasteiger partial charge in [-0.15, -0.1) is 0 Å². The van der Waals surface area contributed by atoms with E-state index >= 15 is 0 Å². The molecule has 0 radical (unpaired) electrons. The van der Waals surface area contributed by atoms with E-state index in [0.717, 1.165) is 28.1 Å². The van der Waals surface area contributed by atoms with Gasteiger partial charge in [0.05, 0.1) is 16.8 Å². The number of anilines is 1. The lowest BCUT2D eigenvalue weighted by Crippen LogP contribution is -2.19. The molecular formula is C15H17N3S. The second-order valence-electron chi connectivity index (χ2n) is 4.38. The summed E-state index contributed by atoms with van der Waals surface area (Å²) in [5.41, 5.74) is 2.42. The molecule has 98 valence electrons. The van der Waals surface area contributed by atoms with E-state index in [1.54, 1.807) is 6.20 Å². The van der Waals surface area contributed by atoms with Crippen LogP contribution in [0.4, 0.5) is 5.69 Å². The molecular weight excluding hydrogens is 254 g/mol. The summed E-state index contributed by atoms with van der Waals surface area (Å²) in [6.45, 7) is 4.29. The molecule has 0 aliphatic carbocycles. The summed E-state index contributed by atoms with van der Waals surface area (Å²) in [7, 11) is 0. The Labute approximate surface area is 118 Å². The lowest BCUT2D eigenvalue weighted by molar-refractivity contribution is 0.914. The second kappa shape index (κ2) is 6.44. The number of nitrogens with zero attached hydrogens (tertiary/aromatic N) is 2. The Morgan fingerprint density at radius 2 is 2.21 bits per heavy atom. The molecule has 0 aliphatic heterocycles. The fourth-order valence-electron chi connectivity index (χ4n) is 1.96. The highest BCUT2D eigenvalue weighted by molar-refractivity contribution is 7.99. The molecule has 3 nitrogen and oxygen atoms in total. The van der Waals surface area contributed by atoms with Gasteiger partial charge in [0.25, 0.3) is 0 Å². The van der Waals surface area contributed by atoms with Gasteiger partial charge in [-0.3, -0.25) is 4.98 Å². The van der Waals surface area contributed by atoms with E-state index in [1.165, 1.54) is 0 Å². The van der Waals surface area contributed by atoms with E-state index in [0.29, 0.717) is 11.6 Å². The molecule has 1 aromatic carbocycles. The van der Waals surface area contributed by atoms with Gasteiger partial charge in [-0.25, -0.2) is 0 Å². The maximum Gasteiger partial charge on any atom is 0.103 e. The predicted molar refractivity (Wildman–Crippen MR) is 82.5 cm³/mol. The van der Waals surface area contributed by atoms with E-state index in [9.17, 15) is 5.26 Å². The molecule has 1 heterocycles. The van der Waals surface area contributed by atoms with Crippen LogP contribution in [-0.2, 0) is 0 Å². The molecule has 1 N–H and O–H groups in total. The highest BCUT2D eigenvalue weighted by Gasteiger charge is 2.10. The first-order valence-electron chi connectivity index (χ1n) is 6.38. The molecule has 1 unspecified atom stereocenters. The smallest absolute Gasteiger partial charge is 0.103 e. The first-order valence-corrected chi connectivity index (χ1v) is 7.53. The van der Waals surface area contributed by atoms with Crippen molar-refractivity contribution in [1.29, 1.82) is 5.26 Å². The minimum absolute atomic E-state index is 0.322. The van der Waals surface area contributed by atoms with Gasteiger partial charge in [0.2, 0.25) is 0 Å². The van der Waals surface area contributed by atoms with Crippen molar-refractivity contribution in [2.24, 2.45) is 0 Å². The minimum Gasteiger partial charge on any atom is -0.380 e. The summed E-state index contributed by atoms with van der Waals surface area (Å²) in [6, 6.07) is 10.4. The van der Waals surface area contributed by atoms with Gasteiger partial charge in [-0.2, -0.15) is 17.0 Å². The van der Waals surface area contributed by atoms with Crippen LogP contribution in [0, 0.1) is 11.3 Å². The molecule has 0 spiro atoms. The van der Waals surface area contributed by atoms with Gasteiger partial charge < -0.3 is 5.32 Å². The number of hydrogen-bond acceptors (Lipinski definition) is 4. The summed E-state index contributed by atoms with van der Waals surface area (Å²) in [5.74, 6) is 2.13. The van der Waals surface area contributed by atoms with Crippen molar-refractivity contribution in [2.45, 2.75) is 19.9 Å². The van der Waals surface area contributed by atoms with Crippen molar-refractivity contribution in [3.8, 4) is 6.07 Å². The van der Waals surface area contributed by atoms with Gasteiger partial charge in [-0.05, 0) is 18.7 Å². The number of fused-ring (bicyclic) bond motifs is 1. The van der Waals surface area contributed by atoms with E-state index in [2.05, 4.69) is 30.2 Å². The number of para-hydroxylation sites is 1. The first-order chi connectivity index (χ1) is 9.26. The molecule has 0 aliphatic rings. The van der Waals surface area contributed by atoms with Crippen LogP contribution < -0.4 is 5.32 Å². The van der Waals surface area contributed by atoms with Crippen LogP contribution >= 0.6 is 11.8 Å². The summed E-state index contributed by atoms with van der Waals surface area (Å²) in [5, 5.41) is 13.7. The van der Waals surface area contributed by atoms with Crippen molar-refractivity contribution >= 4 is 28.4 Å². The van der Waals surface area contributed by atoms with Crippen LogP contribution in [0.3, 0.4) is 0 Å². The van der Waals surface area contributed by atoms with Gasteiger partial charge in [0, 0.05) is 23.4 Å². The Morgan fingerprint density at radius 3 is 2.95 bits per heavy atom. The van der Waals surface area contributed by atoms with Gasteiger partial charge in [0.1, 0.15) is 6.07 Å². The van der Waals surface area contributed by atoms with Crippen LogP contribution in [0.25, 0.3) is 10.9 Å². The molecule has 0 amide bonds. The third kappa shape index (κ3) is 3.18. The zero-order valence-corrected chi connectivity index (χ0v) is 12.0. The molecule has 2 aromatic rings. The Kier molecular flexibility index (Phi) is 4.64. The average molecular weight is 271 g/mol. The highest BCUT2D eigenvalue weighted by Crippen LogP contribution is 2.26.